The molecule has 1 aromatic carbocycles. The average Bonchev–Trinajstić information content (AvgIpc) is 2.46. The van der Waals surface area contributed by atoms with Gasteiger partial charge < -0.3 is 5.32 Å². The third-order valence-electron chi connectivity index (χ3n) is 3.03. The van der Waals surface area contributed by atoms with Crippen molar-refractivity contribution in [2.24, 2.45) is 5.11 Å². The van der Waals surface area contributed by atoms with Crippen LogP contribution in [-0.4, -0.2) is 12.5 Å². The van der Waals surface area contributed by atoms with Crippen molar-refractivity contribution in [3.05, 3.63) is 40.8 Å². The molecule has 0 spiro atoms. The number of rotatable bonds is 10. The highest BCUT2D eigenvalue weighted by atomic mass is 16.1. The normalized spacial score (nSPS) is 9.80. The molecule has 1 N–H and O–H groups in total. The zero-order chi connectivity index (χ0) is 14.5. The molecule has 0 aliphatic heterocycles. The molecule has 20 heavy (non-hydrogen) atoms. The van der Waals surface area contributed by atoms with Gasteiger partial charge in [-0.3, -0.25) is 4.79 Å². The van der Waals surface area contributed by atoms with E-state index < -0.39 is 0 Å². The van der Waals surface area contributed by atoms with Gasteiger partial charge in [-0.25, -0.2) is 0 Å². The Morgan fingerprint density at radius 3 is 2.40 bits per heavy atom. The second-order valence-corrected chi connectivity index (χ2v) is 4.74. The summed E-state index contributed by atoms with van der Waals surface area (Å²) in [6, 6.07) is 9.53. The number of hydrogen-bond donors (Lipinski definition) is 1. The lowest BCUT2D eigenvalue weighted by Crippen LogP contribution is -2.10. The van der Waals surface area contributed by atoms with E-state index in [2.05, 4.69) is 15.3 Å². The van der Waals surface area contributed by atoms with Crippen LogP contribution in [0.3, 0.4) is 0 Å². The van der Waals surface area contributed by atoms with Crippen LogP contribution < -0.4 is 5.32 Å². The van der Waals surface area contributed by atoms with Crippen molar-refractivity contribution >= 4 is 11.6 Å². The van der Waals surface area contributed by atoms with E-state index in [9.17, 15) is 4.79 Å². The summed E-state index contributed by atoms with van der Waals surface area (Å²) in [5.74, 6) is 0.0829. The zero-order valence-corrected chi connectivity index (χ0v) is 11.8. The van der Waals surface area contributed by atoms with E-state index in [4.69, 9.17) is 5.53 Å². The molecule has 0 atom stereocenters. The molecule has 0 aromatic heterocycles. The molecule has 0 unspecified atom stereocenters. The average molecular weight is 274 g/mol. The first-order valence-corrected chi connectivity index (χ1v) is 7.18. The Morgan fingerprint density at radius 1 is 1.05 bits per heavy atom. The highest BCUT2D eigenvalue weighted by molar-refractivity contribution is 5.90. The van der Waals surface area contributed by atoms with Gasteiger partial charge in [-0.1, -0.05) is 49.0 Å². The molecular weight excluding hydrogens is 252 g/mol. The summed E-state index contributed by atoms with van der Waals surface area (Å²) in [4.78, 5) is 14.4. The van der Waals surface area contributed by atoms with Gasteiger partial charge >= 0.3 is 0 Å². The third kappa shape index (κ3) is 8.16. The van der Waals surface area contributed by atoms with Crippen LogP contribution in [0.1, 0.15) is 44.9 Å². The van der Waals surface area contributed by atoms with Crippen LogP contribution in [0.4, 0.5) is 5.69 Å². The molecule has 0 radical (unpaired) electrons. The maximum Gasteiger partial charge on any atom is 0.224 e. The van der Waals surface area contributed by atoms with Gasteiger partial charge in [0.15, 0.2) is 0 Å². The molecular formula is C15H22N4O. The molecule has 0 heterocycles. The Kier molecular flexibility index (Phi) is 8.73. The zero-order valence-electron chi connectivity index (χ0n) is 11.8. The van der Waals surface area contributed by atoms with Gasteiger partial charge in [-0.2, -0.15) is 0 Å². The number of anilines is 1. The largest absolute Gasteiger partial charge is 0.326 e. The van der Waals surface area contributed by atoms with Crippen LogP contribution in [0.5, 0.6) is 0 Å². The summed E-state index contributed by atoms with van der Waals surface area (Å²) < 4.78 is 0. The first-order chi connectivity index (χ1) is 9.83. The lowest BCUT2D eigenvalue weighted by Gasteiger charge is -2.04. The van der Waals surface area contributed by atoms with E-state index in [0.717, 1.165) is 44.2 Å². The third-order valence-corrected chi connectivity index (χ3v) is 3.03. The number of benzene rings is 1. The SMILES string of the molecule is [N-]=[N+]=NCCCCCCCCC(=O)Nc1ccccc1. The maximum absolute atomic E-state index is 11.7. The van der Waals surface area contributed by atoms with Crippen LogP contribution in [0.2, 0.25) is 0 Å². The van der Waals surface area contributed by atoms with Crippen LogP contribution in [-0.2, 0) is 4.79 Å². The van der Waals surface area contributed by atoms with Gasteiger partial charge in [-0.05, 0) is 30.5 Å². The van der Waals surface area contributed by atoms with Gasteiger partial charge in [0.1, 0.15) is 0 Å². The Balaban J connectivity index is 1.96. The molecule has 0 bridgehead atoms. The quantitative estimate of drug-likeness (QED) is 0.286. The summed E-state index contributed by atoms with van der Waals surface area (Å²) in [5.41, 5.74) is 8.97. The van der Waals surface area contributed by atoms with Crippen LogP contribution in [0.15, 0.2) is 35.4 Å². The van der Waals surface area contributed by atoms with E-state index in [1.807, 2.05) is 30.3 Å². The minimum atomic E-state index is 0.0829. The fourth-order valence-electron chi connectivity index (χ4n) is 1.96. The van der Waals surface area contributed by atoms with Gasteiger partial charge in [0.05, 0.1) is 0 Å². The number of carbonyl (C=O) groups is 1. The molecule has 1 rings (SSSR count). The molecule has 5 nitrogen and oxygen atoms in total. The fraction of sp³-hybridized carbons (Fsp3) is 0.533. The second-order valence-electron chi connectivity index (χ2n) is 4.74. The summed E-state index contributed by atoms with van der Waals surface area (Å²) >= 11 is 0. The van der Waals surface area contributed by atoms with Gasteiger partial charge in [0.2, 0.25) is 5.91 Å². The fourth-order valence-corrected chi connectivity index (χ4v) is 1.96. The Morgan fingerprint density at radius 2 is 1.70 bits per heavy atom. The Bertz CT molecular complexity index is 427. The molecule has 1 aromatic rings. The smallest absolute Gasteiger partial charge is 0.224 e. The maximum atomic E-state index is 11.7. The van der Waals surface area contributed by atoms with E-state index in [-0.39, 0.29) is 5.91 Å². The molecule has 0 fully saturated rings. The molecule has 0 saturated heterocycles. The van der Waals surface area contributed by atoms with Gasteiger partial charge in [0.25, 0.3) is 0 Å². The van der Waals surface area contributed by atoms with Crippen molar-refractivity contribution in [3.63, 3.8) is 0 Å². The first-order valence-electron chi connectivity index (χ1n) is 7.18. The summed E-state index contributed by atoms with van der Waals surface area (Å²) in [5, 5.41) is 6.38. The minimum absolute atomic E-state index is 0.0829. The van der Waals surface area contributed by atoms with E-state index in [0.29, 0.717) is 13.0 Å². The molecule has 0 aliphatic rings. The van der Waals surface area contributed by atoms with Gasteiger partial charge in [0, 0.05) is 23.6 Å². The predicted octanol–water partition coefficient (Wildman–Crippen LogP) is 4.67. The molecule has 108 valence electrons. The Hall–Kier alpha value is -2.00. The Labute approximate surface area is 120 Å². The van der Waals surface area contributed by atoms with Crippen molar-refractivity contribution < 1.29 is 4.79 Å². The highest BCUT2D eigenvalue weighted by Crippen LogP contribution is 2.10. The molecule has 0 saturated carbocycles. The summed E-state index contributed by atoms with van der Waals surface area (Å²) in [6.07, 6.45) is 6.90. The minimum Gasteiger partial charge on any atom is -0.326 e. The molecule has 0 aliphatic carbocycles. The number of azide groups is 1. The molecule has 5 heteroatoms. The monoisotopic (exact) mass is 274 g/mol. The second kappa shape index (κ2) is 10.9. The van der Waals surface area contributed by atoms with Crippen LogP contribution in [0, 0.1) is 0 Å². The van der Waals surface area contributed by atoms with Crippen molar-refractivity contribution in [2.75, 3.05) is 11.9 Å². The van der Waals surface area contributed by atoms with Crippen LogP contribution in [0.25, 0.3) is 10.4 Å². The van der Waals surface area contributed by atoms with E-state index in [1.54, 1.807) is 0 Å². The van der Waals surface area contributed by atoms with Crippen molar-refractivity contribution in [1.82, 2.24) is 0 Å². The first kappa shape index (κ1) is 16.1. The summed E-state index contributed by atoms with van der Waals surface area (Å²) in [7, 11) is 0. The number of nitrogens with one attached hydrogen (secondary N) is 1. The predicted molar refractivity (Wildman–Crippen MR) is 81.4 cm³/mol. The molecule has 1 amide bonds. The lowest BCUT2D eigenvalue weighted by atomic mass is 10.1. The van der Waals surface area contributed by atoms with Gasteiger partial charge in [-0.15, -0.1) is 0 Å². The standard InChI is InChI=1S/C15H22N4O/c16-19-17-13-9-4-2-1-3-8-12-15(20)18-14-10-6-5-7-11-14/h5-7,10-11H,1-4,8-9,12-13H2,(H,18,20). The van der Waals surface area contributed by atoms with E-state index >= 15 is 0 Å². The van der Waals surface area contributed by atoms with Crippen molar-refractivity contribution in [3.8, 4) is 0 Å². The van der Waals surface area contributed by atoms with E-state index in [1.165, 1.54) is 0 Å². The lowest BCUT2D eigenvalue weighted by molar-refractivity contribution is -0.116. The van der Waals surface area contributed by atoms with Crippen molar-refractivity contribution in [1.29, 1.82) is 0 Å². The highest BCUT2D eigenvalue weighted by Gasteiger charge is 2.01. The summed E-state index contributed by atoms with van der Waals surface area (Å²) in [6.45, 7) is 0.593. The topological polar surface area (TPSA) is 77.9 Å². The number of unbranched alkanes of at least 4 members (excludes halogenated alkanes) is 5. The number of nitrogens with zero attached hydrogens (tertiary/aromatic N) is 3. The number of carbonyl (C=O) groups excluding carboxylic acids is 1. The van der Waals surface area contributed by atoms with Crippen molar-refractivity contribution in [2.45, 2.75) is 44.9 Å². The number of hydrogen-bond acceptors (Lipinski definition) is 2. The van der Waals surface area contributed by atoms with Crippen LogP contribution >= 0.6 is 0 Å². The number of para-hydroxylation sites is 1. The number of amides is 1.